The summed E-state index contributed by atoms with van der Waals surface area (Å²) < 4.78 is 27.0. The Bertz CT molecular complexity index is 357. The smallest absolute Gasteiger partial charge is 0.132 e. The first-order valence-corrected chi connectivity index (χ1v) is 5.75. The molecule has 4 heteroatoms. The van der Waals surface area contributed by atoms with Crippen LogP contribution >= 0.6 is 0 Å². The van der Waals surface area contributed by atoms with Gasteiger partial charge in [-0.1, -0.05) is 19.9 Å². The van der Waals surface area contributed by atoms with Gasteiger partial charge in [-0.15, -0.1) is 0 Å². The molecule has 2 nitrogen and oxygen atoms in total. The van der Waals surface area contributed by atoms with Crippen molar-refractivity contribution in [3.63, 3.8) is 0 Å². The summed E-state index contributed by atoms with van der Waals surface area (Å²) in [6.07, 6.45) is 0.253. The minimum atomic E-state index is -1.50. The van der Waals surface area contributed by atoms with Crippen molar-refractivity contribution in [2.45, 2.75) is 38.8 Å². The number of hydrogen-bond acceptors (Lipinski definition) is 2. The number of halogens is 2. The van der Waals surface area contributed by atoms with Gasteiger partial charge in [-0.3, -0.25) is 0 Å². The molecular weight excluding hydrogens is 224 g/mol. The number of nitrogens with one attached hydrogen (secondary N) is 1. The second kappa shape index (κ2) is 5.56. The van der Waals surface area contributed by atoms with E-state index in [0.29, 0.717) is 6.54 Å². The van der Waals surface area contributed by atoms with Crippen LogP contribution in [0, 0.1) is 11.6 Å². The molecule has 0 heterocycles. The highest BCUT2D eigenvalue weighted by molar-refractivity contribution is 5.25. The van der Waals surface area contributed by atoms with Gasteiger partial charge in [-0.25, -0.2) is 8.78 Å². The number of benzene rings is 1. The van der Waals surface area contributed by atoms with Gasteiger partial charge in [-0.2, -0.15) is 0 Å². The van der Waals surface area contributed by atoms with Gasteiger partial charge in [0.15, 0.2) is 0 Å². The highest BCUT2D eigenvalue weighted by Gasteiger charge is 2.29. The van der Waals surface area contributed by atoms with E-state index in [1.807, 2.05) is 13.8 Å². The maximum absolute atomic E-state index is 13.5. The molecule has 0 aliphatic carbocycles. The molecule has 96 valence electrons. The zero-order valence-corrected chi connectivity index (χ0v) is 10.4. The molecular formula is C13H19F2NO. The maximum Gasteiger partial charge on any atom is 0.132 e. The molecule has 1 atom stereocenters. The summed E-state index contributed by atoms with van der Waals surface area (Å²) >= 11 is 0. The van der Waals surface area contributed by atoms with Crippen LogP contribution < -0.4 is 5.32 Å². The number of aliphatic hydroxyl groups is 1. The van der Waals surface area contributed by atoms with Crippen LogP contribution in [0.15, 0.2) is 18.2 Å². The maximum atomic E-state index is 13.5. The van der Waals surface area contributed by atoms with E-state index in [2.05, 4.69) is 5.32 Å². The fourth-order valence-corrected chi connectivity index (χ4v) is 1.74. The molecule has 0 saturated carbocycles. The molecule has 0 aliphatic heterocycles. The largest absolute Gasteiger partial charge is 0.385 e. The molecule has 1 unspecified atom stereocenters. The Kier molecular flexibility index (Phi) is 4.60. The zero-order valence-electron chi connectivity index (χ0n) is 10.4. The van der Waals surface area contributed by atoms with Crippen molar-refractivity contribution < 1.29 is 13.9 Å². The van der Waals surface area contributed by atoms with E-state index in [9.17, 15) is 13.9 Å². The molecule has 1 aromatic rings. The molecule has 0 radical (unpaired) electrons. The average molecular weight is 243 g/mol. The highest BCUT2D eigenvalue weighted by Crippen LogP contribution is 2.28. The summed E-state index contributed by atoms with van der Waals surface area (Å²) in [7, 11) is 0. The predicted molar refractivity (Wildman–Crippen MR) is 63.7 cm³/mol. The van der Waals surface area contributed by atoms with Gasteiger partial charge in [0.2, 0.25) is 0 Å². The van der Waals surface area contributed by atoms with Crippen LogP contribution in [-0.2, 0) is 5.60 Å². The third kappa shape index (κ3) is 3.75. The minimum absolute atomic E-state index is 0.253. The molecule has 0 aromatic heterocycles. The average Bonchev–Trinajstić information content (AvgIpc) is 2.15. The first-order chi connectivity index (χ1) is 7.84. The fourth-order valence-electron chi connectivity index (χ4n) is 1.74. The lowest BCUT2D eigenvalue weighted by atomic mass is 9.91. The fraction of sp³-hybridized carbons (Fsp3) is 0.538. The molecule has 0 spiro atoms. The van der Waals surface area contributed by atoms with E-state index in [1.54, 1.807) is 0 Å². The monoisotopic (exact) mass is 243 g/mol. The quantitative estimate of drug-likeness (QED) is 0.833. The molecule has 0 amide bonds. The van der Waals surface area contributed by atoms with Crippen molar-refractivity contribution in [1.29, 1.82) is 0 Å². The Hall–Kier alpha value is -1.00. The van der Waals surface area contributed by atoms with Crippen molar-refractivity contribution >= 4 is 0 Å². The van der Waals surface area contributed by atoms with Crippen molar-refractivity contribution in [2.75, 3.05) is 6.54 Å². The summed E-state index contributed by atoms with van der Waals surface area (Å²) in [5, 5.41) is 13.2. The van der Waals surface area contributed by atoms with E-state index in [4.69, 9.17) is 0 Å². The third-order valence-electron chi connectivity index (χ3n) is 2.67. The van der Waals surface area contributed by atoms with E-state index in [1.165, 1.54) is 13.0 Å². The second-order valence-corrected chi connectivity index (χ2v) is 4.73. The molecule has 0 aliphatic rings. The molecule has 1 rings (SSSR count). The lowest BCUT2D eigenvalue weighted by Crippen LogP contribution is -2.32. The van der Waals surface area contributed by atoms with Crippen LogP contribution in [-0.4, -0.2) is 17.7 Å². The van der Waals surface area contributed by atoms with Crippen LogP contribution in [0.2, 0.25) is 0 Å². The van der Waals surface area contributed by atoms with E-state index in [0.717, 1.165) is 12.1 Å². The summed E-state index contributed by atoms with van der Waals surface area (Å²) in [5.41, 5.74) is -1.76. The molecule has 2 N–H and O–H groups in total. The summed E-state index contributed by atoms with van der Waals surface area (Å²) in [6.45, 7) is 5.87. The number of hydrogen-bond donors (Lipinski definition) is 2. The summed E-state index contributed by atoms with van der Waals surface area (Å²) in [6, 6.07) is 3.87. The van der Waals surface area contributed by atoms with Crippen LogP contribution in [0.1, 0.15) is 32.8 Å². The summed E-state index contributed by atoms with van der Waals surface area (Å²) in [5.74, 6) is -1.42. The van der Waals surface area contributed by atoms with Crippen molar-refractivity contribution in [3.05, 3.63) is 35.4 Å². The molecule has 0 saturated heterocycles. The normalized spacial score (nSPS) is 15.0. The second-order valence-electron chi connectivity index (χ2n) is 4.73. The van der Waals surface area contributed by atoms with Crippen molar-refractivity contribution in [1.82, 2.24) is 5.32 Å². The molecule has 0 bridgehead atoms. The Labute approximate surface area is 101 Å². The molecule has 1 aromatic carbocycles. The Morgan fingerprint density at radius 2 is 1.82 bits per heavy atom. The number of rotatable bonds is 5. The van der Waals surface area contributed by atoms with E-state index >= 15 is 0 Å². The van der Waals surface area contributed by atoms with Crippen LogP contribution in [0.4, 0.5) is 8.78 Å². The van der Waals surface area contributed by atoms with Gasteiger partial charge in [-0.05, 0) is 32.0 Å². The van der Waals surface area contributed by atoms with Gasteiger partial charge in [0, 0.05) is 6.04 Å². The van der Waals surface area contributed by atoms with Crippen LogP contribution in [0.5, 0.6) is 0 Å². The van der Waals surface area contributed by atoms with Crippen molar-refractivity contribution in [2.24, 2.45) is 0 Å². The first kappa shape index (κ1) is 14.1. The highest BCUT2D eigenvalue weighted by atomic mass is 19.1. The first-order valence-electron chi connectivity index (χ1n) is 5.75. The topological polar surface area (TPSA) is 32.3 Å². The van der Waals surface area contributed by atoms with Crippen molar-refractivity contribution in [3.8, 4) is 0 Å². The SMILES string of the molecule is CC(C)NCCC(C)(O)c1c(F)cccc1F. The van der Waals surface area contributed by atoms with Crippen LogP contribution in [0.25, 0.3) is 0 Å². The lowest BCUT2D eigenvalue weighted by Gasteiger charge is -2.25. The van der Waals surface area contributed by atoms with Gasteiger partial charge in [0.1, 0.15) is 11.6 Å². The van der Waals surface area contributed by atoms with Crippen LogP contribution in [0.3, 0.4) is 0 Å². The predicted octanol–water partition coefficient (Wildman–Crippen LogP) is 2.56. The van der Waals surface area contributed by atoms with Gasteiger partial charge < -0.3 is 10.4 Å². The van der Waals surface area contributed by atoms with E-state index < -0.39 is 17.2 Å². The molecule has 17 heavy (non-hydrogen) atoms. The van der Waals surface area contributed by atoms with Gasteiger partial charge in [0.25, 0.3) is 0 Å². The van der Waals surface area contributed by atoms with Gasteiger partial charge >= 0.3 is 0 Å². The zero-order chi connectivity index (χ0) is 13.1. The third-order valence-corrected chi connectivity index (χ3v) is 2.67. The standard InChI is InChI=1S/C13H19F2NO/c1-9(2)16-8-7-13(3,17)12-10(14)5-4-6-11(12)15/h4-6,9,16-17H,7-8H2,1-3H3. The Morgan fingerprint density at radius 1 is 1.29 bits per heavy atom. The Morgan fingerprint density at radius 3 is 2.29 bits per heavy atom. The summed E-state index contributed by atoms with van der Waals surface area (Å²) in [4.78, 5) is 0. The molecule has 0 fully saturated rings. The van der Waals surface area contributed by atoms with E-state index in [-0.39, 0.29) is 18.0 Å². The lowest BCUT2D eigenvalue weighted by molar-refractivity contribution is 0.0400. The Balaban J connectivity index is 2.82. The minimum Gasteiger partial charge on any atom is -0.385 e. The van der Waals surface area contributed by atoms with Gasteiger partial charge in [0.05, 0.1) is 11.2 Å².